The number of benzene rings is 2. The number of para-hydroxylation sites is 1. The molecule has 9 heteroatoms. The summed E-state index contributed by atoms with van der Waals surface area (Å²) in [4.78, 5) is 24.1. The third kappa shape index (κ3) is 5.28. The van der Waals surface area contributed by atoms with Gasteiger partial charge in [-0.15, -0.1) is 0 Å². The first-order valence-electron chi connectivity index (χ1n) is 8.45. The van der Waals surface area contributed by atoms with Crippen molar-refractivity contribution in [1.29, 1.82) is 0 Å². The summed E-state index contributed by atoms with van der Waals surface area (Å²) in [5.74, 6) is 3.73. The first-order valence-corrected chi connectivity index (χ1v) is 8.45. The van der Waals surface area contributed by atoms with Gasteiger partial charge in [0.2, 0.25) is 0 Å². The van der Waals surface area contributed by atoms with Crippen molar-refractivity contribution in [3.8, 4) is 11.8 Å². The maximum Gasteiger partial charge on any atom is 0.268 e. The molecule has 2 amide bonds. The van der Waals surface area contributed by atoms with Crippen LogP contribution in [0.3, 0.4) is 0 Å². The monoisotopic (exact) mass is 402 g/mol. The van der Waals surface area contributed by atoms with Gasteiger partial charge in [-0.25, -0.2) is 14.3 Å². The van der Waals surface area contributed by atoms with E-state index >= 15 is 0 Å². The van der Waals surface area contributed by atoms with Gasteiger partial charge in [-0.3, -0.25) is 14.8 Å². The molecule has 2 rings (SSSR count). The molecule has 0 radical (unpaired) electrons. The van der Waals surface area contributed by atoms with Gasteiger partial charge in [0, 0.05) is 22.4 Å². The summed E-state index contributed by atoms with van der Waals surface area (Å²) in [5, 5.41) is 10.9. The van der Waals surface area contributed by atoms with Gasteiger partial charge in [-0.1, -0.05) is 24.0 Å². The summed E-state index contributed by atoms with van der Waals surface area (Å²) in [5.41, 5.74) is 12.0. The SMILES string of the molecule is CC(N)(C(F)F)[C@H](NC(=O)c1ccc(C#Cc2ccccc2N)cc1)C(=O)NO. The lowest BCUT2D eigenvalue weighted by atomic mass is 9.92. The number of amides is 2. The lowest BCUT2D eigenvalue weighted by Gasteiger charge is -2.32. The summed E-state index contributed by atoms with van der Waals surface area (Å²) in [6, 6.07) is 11.2. The number of halogens is 2. The quantitative estimate of drug-likeness (QED) is 0.222. The predicted molar refractivity (Wildman–Crippen MR) is 103 cm³/mol. The first kappa shape index (κ1) is 21.8. The number of hydrogen-bond donors (Lipinski definition) is 5. The van der Waals surface area contributed by atoms with Crippen LogP contribution in [0.15, 0.2) is 48.5 Å². The molecule has 0 aromatic heterocycles. The molecule has 152 valence electrons. The van der Waals surface area contributed by atoms with E-state index in [1.807, 2.05) is 0 Å². The number of carbonyl (C=O) groups excluding carboxylic acids is 2. The van der Waals surface area contributed by atoms with E-state index in [9.17, 15) is 18.4 Å². The van der Waals surface area contributed by atoms with E-state index in [0.717, 1.165) is 6.92 Å². The van der Waals surface area contributed by atoms with Crippen LogP contribution in [-0.4, -0.2) is 35.0 Å². The van der Waals surface area contributed by atoms with Crippen molar-refractivity contribution in [2.24, 2.45) is 5.73 Å². The first-order chi connectivity index (χ1) is 13.7. The zero-order valence-corrected chi connectivity index (χ0v) is 15.4. The molecule has 2 aromatic carbocycles. The Morgan fingerprint density at radius 3 is 2.28 bits per heavy atom. The summed E-state index contributed by atoms with van der Waals surface area (Å²) in [6.07, 6.45) is -3.13. The Bertz CT molecular complexity index is 950. The molecule has 0 saturated carbocycles. The summed E-state index contributed by atoms with van der Waals surface area (Å²) in [6.45, 7) is 0.895. The van der Waals surface area contributed by atoms with Crippen LogP contribution >= 0.6 is 0 Å². The fourth-order valence-electron chi connectivity index (χ4n) is 2.36. The van der Waals surface area contributed by atoms with Crippen LogP contribution in [0, 0.1) is 11.8 Å². The molecule has 29 heavy (non-hydrogen) atoms. The van der Waals surface area contributed by atoms with Crippen LogP contribution in [0.5, 0.6) is 0 Å². The maximum atomic E-state index is 13.2. The van der Waals surface area contributed by atoms with Gasteiger partial charge in [0.05, 0.1) is 0 Å². The molecule has 0 aliphatic heterocycles. The number of anilines is 1. The molecule has 0 fully saturated rings. The summed E-state index contributed by atoms with van der Waals surface area (Å²) in [7, 11) is 0. The zero-order chi connectivity index (χ0) is 21.6. The second-order valence-corrected chi connectivity index (χ2v) is 6.46. The molecule has 0 spiro atoms. The Labute approximate surface area is 166 Å². The Balaban J connectivity index is 2.17. The standard InChI is InChI=1S/C20H20F2N4O3/c1-20(24,19(21)22)16(18(28)26-29)25-17(27)14-10-7-12(8-11-14)6-9-13-4-2-3-5-15(13)23/h2-5,7-8,10-11,16,19,29H,23-24H2,1H3,(H,25,27)(H,26,28)/t16-,20?/m1/s1. The average molecular weight is 402 g/mol. The number of alkyl halides is 2. The van der Waals surface area contributed by atoms with Crippen LogP contribution in [0.4, 0.5) is 14.5 Å². The van der Waals surface area contributed by atoms with Crippen molar-refractivity contribution >= 4 is 17.5 Å². The number of nitrogen functional groups attached to an aromatic ring is 1. The molecule has 7 N–H and O–H groups in total. The fourth-order valence-corrected chi connectivity index (χ4v) is 2.36. The number of nitrogens with one attached hydrogen (secondary N) is 2. The third-order valence-corrected chi connectivity index (χ3v) is 4.19. The minimum absolute atomic E-state index is 0.0931. The van der Waals surface area contributed by atoms with Crippen molar-refractivity contribution in [3.05, 3.63) is 65.2 Å². The van der Waals surface area contributed by atoms with Crippen LogP contribution < -0.4 is 22.3 Å². The highest BCUT2D eigenvalue weighted by Crippen LogP contribution is 2.18. The number of carbonyl (C=O) groups is 2. The van der Waals surface area contributed by atoms with Gasteiger partial charge < -0.3 is 16.8 Å². The van der Waals surface area contributed by atoms with Crippen molar-refractivity contribution in [2.45, 2.75) is 24.9 Å². The lowest BCUT2D eigenvalue weighted by Crippen LogP contribution is -2.66. The van der Waals surface area contributed by atoms with Gasteiger partial charge in [-0.05, 0) is 43.3 Å². The van der Waals surface area contributed by atoms with E-state index in [0.29, 0.717) is 16.8 Å². The summed E-state index contributed by atoms with van der Waals surface area (Å²) >= 11 is 0. The lowest BCUT2D eigenvalue weighted by molar-refractivity contribution is -0.134. The molecular weight excluding hydrogens is 382 g/mol. The number of rotatable bonds is 5. The molecule has 0 heterocycles. The normalized spacial score (nSPS) is 13.6. The Hall–Kier alpha value is -3.48. The highest BCUT2D eigenvalue weighted by Gasteiger charge is 2.44. The predicted octanol–water partition coefficient (Wildman–Crippen LogP) is 1.25. The van der Waals surface area contributed by atoms with Crippen molar-refractivity contribution in [3.63, 3.8) is 0 Å². The van der Waals surface area contributed by atoms with Crippen LogP contribution in [0.25, 0.3) is 0 Å². The van der Waals surface area contributed by atoms with E-state index in [-0.39, 0.29) is 5.56 Å². The van der Waals surface area contributed by atoms with Crippen LogP contribution in [-0.2, 0) is 4.79 Å². The molecule has 0 aliphatic rings. The third-order valence-electron chi connectivity index (χ3n) is 4.19. The Kier molecular flexibility index (Phi) is 6.88. The molecule has 7 nitrogen and oxygen atoms in total. The van der Waals surface area contributed by atoms with Gasteiger partial charge in [-0.2, -0.15) is 0 Å². The smallest absolute Gasteiger partial charge is 0.268 e. The Morgan fingerprint density at radius 1 is 1.10 bits per heavy atom. The average Bonchev–Trinajstić information content (AvgIpc) is 2.70. The van der Waals surface area contributed by atoms with E-state index in [1.54, 1.807) is 36.4 Å². The van der Waals surface area contributed by atoms with Crippen LogP contribution in [0.1, 0.15) is 28.4 Å². The minimum atomic E-state index is -3.13. The minimum Gasteiger partial charge on any atom is -0.398 e. The molecule has 0 bridgehead atoms. The second kappa shape index (κ2) is 9.14. The van der Waals surface area contributed by atoms with Crippen molar-refractivity contribution in [2.75, 3.05) is 5.73 Å². The zero-order valence-electron chi connectivity index (χ0n) is 15.4. The van der Waals surface area contributed by atoms with Gasteiger partial charge in [0.1, 0.15) is 11.6 Å². The molecule has 2 atom stereocenters. The molecule has 0 aliphatic carbocycles. The van der Waals surface area contributed by atoms with Crippen molar-refractivity contribution < 1.29 is 23.6 Å². The van der Waals surface area contributed by atoms with E-state index in [4.69, 9.17) is 16.7 Å². The molecule has 0 saturated heterocycles. The second-order valence-electron chi connectivity index (χ2n) is 6.46. The molecule has 1 unspecified atom stereocenters. The van der Waals surface area contributed by atoms with Crippen molar-refractivity contribution in [1.82, 2.24) is 10.8 Å². The Morgan fingerprint density at radius 2 is 1.72 bits per heavy atom. The number of hydrogen-bond acceptors (Lipinski definition) is 5. The van der Waals surface area contributed by atoms with E-state index < -0.39 is 29.8 Å². The maximum absolute atomic E-state index is 13.2. The van der Waals surface area contributed by atoms with E-state index in [1.165, 1.54) is 17.6 Å². The molecule has 2 aromatic rings. The topological polar surface area (TPSA) is 130 Å². The molecular formula is C20H20F2N4O3. The van der Waals surface area contributed by atoms with Gasteiger partial charge >= 0.3 is 0 Å². The van der Waals surface area contributed by atoms with Gasteiger partial charge in [0.25, 0.3) is 18.2 Å². The summed E-state index contributed by atoms with van der Waals surface area (Å²) < 4.78 is 26.3. The highest BCUT2D eigenvalue weighted by molar-refractivity contribution is 5.98. The highest BCUT2D eigenvalue weighted by atomic mass is 19.3. The number of nitrogens with two attached hydrogens (primary N) is 2. The fraction of sp³-hybridized carbons (Fsp3) is 0.200. The van der Waals surface area contributed by atoms with Gasteiger partial charge in [0.15, 0.2) is 0 Å². The number of hydroxylamine groups is 1. The van der Waals surface area contributed by atoms with Crippen LogP contribution in [0.2, 0.25) is 0 Å². The largest absolute Gasteiger partial charge is 0.398 e. The van der Waals surface area contributed by atoms with E-state index in [2.05, 4.69) is 17.2 Å².